The predicted octanol–water partition coefficient (Wildman–Crippen LogP) is 3.58. The Balaban J connectivity index is 2.55. The number of benzene rings is 1. The van der Waals surface area contributed by atoms with Gasteiger partial charge in [-0.3, -0.25) is 0 Å². The lowest BCUT2D eigenvalue weighted by molar-refractivity contribution is 0.178. The van der Waals surface area contributed by atoms with E-state index in [0.29, 0.717) is 6.42 Å². The monoisotopic (exact) mass is 248 g/mol. The fraction of sp³-hybridized carbons (Fsp3) is 0.500. The Morgan fingerprint density at radius 1 is 1.29 bits per heavy atom. The highest BCUT2D eigenvalue weighted by Gasteiger charge is 2.15. The largest absolute Gasteiger partial charge is 0.505 e. The van der Waals surface area contributed by atoms with Crippen molar-refractivity contribution in [2.24, 2.45) is 0 Å². The van der Waals surface area contributed by atoms with Gasteiger partial charge in [0.25, 0.3) is 0 Å². The molecule has 0 aliphatic heterocycles. The molecule has 1 atom stereocenters. The molecule has 0 heterocycles. The zero-order valence-electron chi connectivity index (χ0n) is 9.55. The van der Waals surface area contributed by atoms with Gasteiger partial charge in [-0.1, -0.05) is 19.8 Å². The minimum absolute atomic E-state index is 0.318. The van der Waals surface area contributed by atoms with Gasteiger partial charge in [-0.2, -0.15) is 8.78 Å². The van der Waals surface area contributed by atoms with Crippen molar-refractivity contribution in [3.8, 4) is 11.5 Å². The summed E-state index contributed by atoms with van der Waals surface area (Å²) < 4.78 is 44.1. The fourth-order valence-corrected chi connectivity index (χ4v) is 1.32. The summed E-state index contributed by atoms with van der Waals surface area (Å²) in [5.74, 6) is -3.86. The van der Waals surface area contributed by atoms with Crippen LogP contribution in [0.2, 0.25) is 0 Å². The summed E-state index contributed by atoms with van der Waals surface area (Å²) in [4.78, 5) is 0. The van der Waals surface area contributed by atoms with E-state index in [0.717, 1.165) is 25.0 Å². The molecule has 1 aromatic rings. The van der Waals surface area contributed by atoms with E-state index in [2.05, 4.69) is 0 Å². The molecule has 0 aromatic heterocycles. The third-order valence-electron chi connectivity index (χ3n) is 2.32. The second-order valence-corrected chi connectivity index (χ2v) is 3.76. The Bertz CT molecular complexity index is 369. The van der Waals surface area contributed by atoms with Gasteiger partial charge in [0.1, 0.15) is 12.8 Å². The van der Waals surface area contributed by atoms with Crippen molar-refractivity contribution in [2.45, 2.75) is 32.4 Å². The van der Waals surface area contributed by atoms with Crippen LogP contribution in [0.25, 0.3) is 0 Å². The summed E-state index contributed by atoms with van der Waals surface area (Å²) in [6, 6.07) is 2.04. The first kappa shape index (κ1) is 13.7. The van der Waals surface area contributed by atoms with Gasteiger partial charge in [0.15, 0.2) is 11.5 Å². The summed E-state index contributed by atoms with van der Waals surface area (Å²) in [5, 5.41) is 8.87. The van der Waals surface area contributed by atoms with Crippen molar-refractivity contribution in [3.05, 3.63) is 23.8 Å². The molecule has 0 aliphatic rings. The fourth-order valence-electron chi connectivity index (χ4n) is 1.32. The number of rotatable bonds is 6. The third kappa shape index (κ3) is 3.84. The first-order valence-corrected chi connectivity index (χ1v) is 5.50. The Hall–Kier alpha value is -1.39. The maximum absolute atomic E-state index is 13.2. The average Bonchev–Trinajstić information content (AvgIpc) is 2.32. The van der Waals surface area contributed by atoms with Crippen LogP contribution in [0.1, 0.15) is 26.2 Å². The molecular formula is C12H15F3O2. The van der Waals surface area contributed by atoms with Gasteiger partial charge in [-0.25, -0.2) is 4.39 Å². The molecular weight excluding hydrogens is 233 g/mol. The molecule has 1 unspecified atom stereocenters. The van der Waals surface area contributed by atoms with Gasteiger partial charge >= 0.3 is 0 Å². The topological polar surface area (TPSA) is 29.5 Å². The normalized spacial score (nSPS) is 12.5. The molecule has 1 N–H and O–H groups in total. The van der Waals surface area contributed by atoms with E-state index in [1.807, 2.05) is 6.92 Å². The lowest BCUT2D eigenvalue weighted by Gasteiger charge is -2.11. The molecule has 0 saturated carbocycles. The van der Waals surface area contributed by atoms with E-state index in [4.69, 9.17) is 9.84 Å². The number of hydrogen-bond acceptors (Lipinski definition) is 2. The predicted molar refractivity (Wildman–Crippen MR) is 57.9 cm³/mol. The van der Waals surface area contributed by atoms with Crippen molar-refractivity contribution in [3.63, 3.8) is 0 Å². The van der Waals surface area contributed by atoms with Gasteiger partial charge in [0, 0.05) is 0 Å². The maximum Gasteiger partial charge on any atom is 0.204 e. The van der Waals surface area contributed by atoms with Crippen LogP contribution >= 0.6 is 0 Å². The van der Waals surface area contributed by atoms with Crippen molar-refractivity contribution >= 4 is 0 Å². The van der Waals surface area contributed by atoms with E-state index in [1.54, 1.807) is 0 Å². The van der Waals surface area contributed by atoms with Crippen molar-refractivity contribution in [2.75, 3.05) is 6.61 Å². The van der Waals surface area contributed by atoms with Crippen LogP contribution < -0.4 is 4.74 Å². The van der Waals surface area contributed by atoms with Crippen LogP contribution in [0.3, 0.4) is 0 Å². The number of phenolic OH excluding ortho intramolecular Hbond substituents is 1. The molecule has 0 bridgehead atoms. The number of aromatic hydroxyl groups is 1. The zero-order chi connectivity index (χ0) is 12.8. The molecule has 0 spiro atoms. The third-order valence-corrected chi connectivity index (χ3v) is 2.32. The summed E-state index contributed by atoms with van der Waals surface area (Å²) in [6.07, 6.45) is 0.712. The quantitative estimate of drug-likeness (QED) is 0.833. The maximum atomic E-state index is 13.2. The van der Waals surface area contributed by atoms with E-state index >= 15 is 0 Å². The molecule has 1 aromatic carbocycles. The van der Waals surface area contributed by atoms with Crippen molar-refractivity contribution < 1.29 is 23.0 Å². The molecule has 0 saturated heterocycles. The molecule has 96 valence electrons. The molecule has 0 aliphatic carbocycles. The van der Waals surface area contributed by atoms with Crippen molar-refractivity contribution in [1.82, 2.24) is 0 Å². The highest BCUT2D eigenvalue weighted by atomic mass is 19.2. The van der Waals surface area contributed by atoms with E-state index in [1.165, 1.54) is 0 Å². The van der Waals surface area contributed by atoms with Gasteiger partial charge in [0.2, 0.25) is 11.6 Å². The van der Waals surface area contributed by atoms with E-state index in [-0.39, 0.29) is 12.4 Å². The number of hydrogen-bond donors (Lipinski definition) is 1. The SMILES string of the molecule is CCCCC(F)COc1ccc(O)c(F)c1F. The first-order chi connectivity index (χ1) is 8.06. The highest BCUT2D eigenvalue weighted by Crippen LogP contribution is 2.26. The van der Waals surface area contributed by atoms with Crippen LogP contribution in [-0.2, 0) is 0 Å². The number of alkyl halides is 1. The molecule has 1 rings (SSSR count). The van der Waals surface area contributed by atoms with Gasteiger partial charge in [0.05, 0.1) is 0 Å². The minimum Gasteiger partial charge on any atom is -0.505 e. The van der Waals surface area contributed by atoms with Crippen LogP contribution in [0.15, 0.2) is 12.1 Å². The number of halogens is 3. The average molecular weight is 248 g/mol. The lowest BCUT2D eigenvalue weighted by Crippen LogP contribution is -2.13. The first-order valence-electron chi connectivity index (χ1n) is 5.50. The Labute approximate surface area is 98.0 Å². The standard InChI is InChI=1S/C12H15F3O2/c1-2-3-4-8(13)7-17-10-6-5-9(16)11(14)12(10)15/h5-6,8,16H,2-4,7H2,1H3. The molecule has 0 fully saturated rings. The Kier molecular flexibility index (Phi) is 5.12. The number of phenols is 1. The number of unbranched alkanes of at least 4 members (excludes halogenated alkanes) is 1. The molecule has 0 amide bonds. The number of ether oxygens (including phenoxy) is 1. The van der Waals surface area contributed by atoms with Crippen LogP contribution in [0.5, 0.6) is 11.5 Å². The zero-order valence-corrected chi connectivity index (χ0v) is 9.55. The lowest BCUT2D eigenvalue weighted by atomic mass is 10.2. The second-order valence-electron chi connectivity index (χ2n) is 3.76. The van der Waals surface area contributed by atoms with Crippen LogP contribution in [0, 0.1) is 11.6 Å². The molecule has 17 heavy (non-hydrogen) atoms. The molecule has 0 radical (unpaired) electrons. The Morgan fingerprint density at radius 3 is 2.65 bits per heavy atom. The second kappa shape index (κ2) is 6.37. The summed E-state index contributed by atoms with van der Waals surface area (Å²) in [5.41, 5.74) is 0. The summed E-state index contributed by atoms with van der Waals surface area (Å²) in [6.45, 7) is 1.61. The molecule has 2 nitrogen and oxygen atoms in total. The minimum atomic E-state index is -1.38. The molecule has 5 heteroatoms. The van der Waals surface area contributed by atoms with Crippen molar-refractivity contribution in [1.29, 1.82) is 0 Å². The highest BCUT2D eigenvalue weighted by molar-refractivity contribution is 5.33. The van der Waals surface area contributed by atoms with Gasteiger partial charge in [-0.15, -0.1) is 0 Å². The van der Waals surface area contributed by atoms with Gasteiger partial charge < -0.3 is 9.84 Å². The van der Waals surface area contributed by atoms with Crippen LogP contribution in [0.4, 0.5) is 13.2 Å². The summed E-state index contributed by atoms with van der Waals surface area (Å²) >= 11 is 0. The smallest absolute Gasteiger partial charge is 0.204 e. The van der Waals surface area contributed by atoms with Crippen LogP contribution in [-0.4, -0.2) is 17.9 Å². The van der Waals surface area contributed by atoms with E-state index < -0.39 is 23.6 Å². The van der Waals surface area contributed by atoms with Gasteiger partial charge in [-0.05, 0) is 18.6 Å². The van der Waals surface area contributed by atoms with E-state index in [9.17, 15) is 13.2 Å². The summed E-state index contributed by atoms with van der Waals surface area (Å²) in [7, 11) is 0. The Morgan fingerprint density at radius 2 is 2.00 bits per heavy atom.